The minimum atomic E-state index is -0.00424. The summed E-state index contributed by atoms with van der Waals surface area (Å²) in [5.41, 5.74) is 0.616. The summed E-state index contributed by atoms with van der Waals surface area (Å²) in [6.07, 6.45) is 0.954. The van der Waals surface area contributed by atoms with Crippen LogP contribution in [-0.4, -0.2) is 61.2 Å². The van der Waals surface area contributed by atoms with Crippen molar-refractivity contribution in [1.82, 2.24) is 9.80 Å². The summed E-state index contributed by atoms with van der Waals surface area (Å²) in [5.74, 6) is 1.89. The van der Waals surface area contributed by atoms with Crippen molar-refractivity contribution in [3.8, 4) is 11.5 Å². The van der Waals surface area contributed by atoms with Crippen LogP contribution in [0.15, 0.2) is 54.6 Å². The molecule has 1 N–H and O–H groups in total. The quantitative estimate of drug-likeness (QED) is 0.851. The first-order valence-corrected chi connectivity index (χ1v) is 9.43. The minimum absolute atomic E-state index is 0.00424. The van der Waals surface area contributed by atoms with E-state index >= 15 is 0 Å². The molecule has 144 valence electrons. The van der Waals surface area contributed by atoms with Crippen LogP contribution in [0.1, 0.15) is 16.8 Å². The van der Waals surface area contributed by atoms with Gasteiger partial charge in [0, 0.05) is 31.8 Å². The van der Waals surface area contributed by atoms with Gasteiger partial charge in [0.2, 0.25) is 0 Å². The Bertz CT molecular complexity index is 748. The van der Waals surface area contributed by atoms with Gasteiger partial charge in [-0.05, 0) is 62.7 Å². The van der Waals surface area contributed by atoms with Crippen LogP contribution in [0.25, 0.3) is 0 Å². The van der Waals surface area contributed by atoms with E-state index in [0.29, 0.717) is 23.8 Å². The third-order valence-corrected chi connectivity index (χ3v) is 4.85. The Kier molecular flexibility index (Phi) is 6.48. The fraction of sp³-hybridized carbons (Fsp3) is 0.409. The molecule has 5 nitrogen and oxygen atoms in total. The molecule has 0 aliphatic carbocycles. The SMILES string of the molecule is CN(C)C[C@H]1C[C@@H](CO)CN(C(=O)c2cccc(Oc3ccccc3)c2)C1. The van der Waals surface area contributed by atoms with Crippen LogP contribution >= 0.6 is 0 Å². The van der Waals surface area contributed by atoms with E-state index in [1.54, 1.807) is 6.07 Å². The van der Waals surface area contributed by atoms with Gasteiger partial charge in [0.05, 0.1) is 0 Å². The Balaban J connectivity index is 1.73. The van der Waals surface area contributed by atoms with Gasteiger partial charge in [0.15, 0.2) is 0 Å². The van der Waals surface area contributed by atoms with Crippen LogP contribution in [0.4, 0.5) is 0 Å². The Morgan fingerprint density at radius 2 is 1.78 bits per heavy atom. The van der Waals surface area contributed by atoms with E-state index in [0.717, 1.165) is 25.3 Å². The first kappa shape index (κ1) is 19.4. The highest BCUT2D eigenvalue weighted by atomic mass is 16.5. The van der Waals surface area contributed by atoms with Gasteiger partial charge in [0.25, 0.3) is 5.91 Å². The van der Waals surface area contributed by atoms with Gasteiger partial charge in [0.1, 0.15) is 11.5 Å². The second-order valence-corrected chi connectivity index (χ2v) is 7.57. The number of likely N-dealkylation sites (tertiary alicyclic amines) is 1. The van der Waals surface area contributed by atoms with Crippen molar-refractivity contribution in [1.29, 1.82) is 0 Å². The monoisotopic (exact) mass is 368 g/mol. The highest BCUT2D eigenvalue weighted by molar-refractivity contribution is 5.94. The second-order valence-electron chi connectivity index (χ2n) is 7.57. The Morgan fingerprint density at radius 1 is 1.07 bits per heavy atom. The zero-order valence-corrected chi connectivity index (χ0v) is 16.0. The molecule has 1 amide bonds. The highest BCUT2D eigenvalue weighted by Gasteiger charge is 2.30. The molecular weight excluding hydrogens is 340 g/mol. The molecule has 1 heterocycles. The van der Waals surface area contributed by atoms with Gasteiger partial charge in [-0.2, -0.15) is 0 Å². The Hall–Kier alpha value is -2.37. The van der Waals surface area contributed by atoms with Gasteiger partial charge >= 0.3 is 0 Å². The number of para-hydroxylation sites is 1. The number of hydrogen-bond acceptors (Lipinski definition) is 4. The van der Waals surface area contributed by atoms with E-state index in [2.05, 4.69) is 4.90 Å². The average Bonchev–Trinajstić information content (AvgIpc) is 2.67. The van der Waals surface area contributed by atoms with Crippen molar-refractivity contribution in [2.24, 2.45) is 11.8 Å². The lowest BCUT2D eigenvalue weighted by molar-refractivity contribution is 0.0477. The van der Waals surface area contributed by atoms with Gasteiger partial charge < -0.3 is 19.6 Å². The maximum Gasteiger partial charge on any atom is 0.254 e. The van der Waals surface area contributed by atoms with E-state index in [4.69, 9.17) is 4.74 Å². The third kappa shape index (κ3) is 5.31. The predicted octanol–water partition coefficient (Wildman–Crippen LogP) is 3.11. The molecule has 0 radical (unpaired) electrons. The molecule has 2 aromatic rings. The van der Waals surface area contributed by atoms with Crippen LogP contribution in [0.5, 0.6) is 11.5 Å². The Labute approximate surface area is 161 Å². The number of nitrogens with zero attached hydrogens (tertiary/aromatic N) is 2. The molecule has 27 heavy (non-hydrogen) atoms. The molecule has 5 heteroatoms. The zero-order chi connectivity index (χ0) is 19.2. The molecule has 0 aromatic heterocycles. The van der Waals surface area contributed by atoms with Gasteiger partial charge in [-0.15, -0.1) is 0 Å². The van der Waals surface area contributed by atoms with Crippen LogP contribution < -0.4 is 4.74 Å². The van der Waals surface area contributed by atoms with E-state index in [9.17, 15) is 9.90 Å². The summed E-state index contributed by atoms with van der Waals surface area (Å²) >= 11 is 0. The summed E-state index contributed by atoms with van der Waals surface area (Å²) < 4.78 is 5.86. The topological polar surface area (TPSA) is 53.0 Å². The first-order chi connectivity index (χ1) is 13.0. The second kappa shape index (κ2) is 9.02. The third-order valence-electron chi connectivity index (χ3n) is 4.85. The maximum atomic E-state index is 13.1. The van der Waals surface area contributed by atoms with E-state index in [1.807, 2.05) is 67.5 Å². The largest absolute Gasteiger partial charge is 0.457 e. The molecule has 3 rings (SSSR count). The number of piperidine rings is 1. The van der Waals surface area contributed by atoms with E-state index < -0.39 is 0 Å². The summed E-state index contributed by atoms with van der Waals surface area (Å²) in [4.78, 5) is 17.1. The number of aliphatic hydroxyl groups is 1. The minimum Gasteiger partial charge on any atom is -0.457 e. The zero-order valence-electron chi connectivity index (χ0n) is 16.0. The van der Waals surface area contributed by atoms with Crippen molar-refractivity contribution >= 4 is 5.91 Å². The van der Waals surface area contributed by atoms with E-state index in [1.165, 1.54) is 0 Å². The van der Waals surface area contributed by atoms with Crippen LogP contribution in [0.2, 0.25) is 0 Å². The number of benzene rings is 2. The summed E-state index contributed by atoms with van der Waals surface area (Å²) in [6, 6.07) is 16.8. The Morgan fingerprint density at radius 3 is 2.48 bits per heavy atom. The molecule has 1 saturated heterocycles. The van der Waals surface area contributed by atoms with Crippen LogP contribution in [-0.2, 0) is 0 Å². The molecule has 0 unspecified atom stereocenters. The van der Waals surface area contributed by atoms with Crippen molar-refractivity contribution < 1.29 is 14.6 Å². The lowest BCUT2D eigenvalue weighted by atomic mass is 9.89. The van der Waals surface area contributed by atoms with Gasteiger partial charge in [-0.1, -0.05) is 24.3 Å². The van der Waals surface area contributed by atoms with Crippen molar-refractivity contribution in [3.63, 3.8) is 0 Å². The fourth-order valence-electron chi connectivity index (χ4n) is 3.76. The fourth-order valence-corrected chi connectivity index (χ4v) is 3.76. The standard InChI is InChI=1S/C22H28N2O3/c1-23(2)13-17-11-18(16-25)15-24(14-17)22(26)19-7-6-10-21(12-19)27-20-8-4-3-5-9-20/h3-10,12,17-18,25H,11,13-16H2,1-2H3/t17-,18-/m1/s1. The number of carbonyl (C=O) groups excluding carboxylic acids is 1. The summed E-state index contributed by atoms with van der Waals surface area (Å²) in [6.45, 7) is 2.35. The average molecular weight is 368 g/mol. The van der Waals surface area contributed by atoms with Crippen molar-refractivity contribution in [2.75, 3.05) is 40.3 Å². The number of rotatable bonds is 6. The maximum absolute atomic E-state index is 13.1. The van der Waals surface area contributed by atoms with Crippen LogP contribution in [0, 0.1) is 11.8 Å². The molecule has 1 fully saturated rings. The van der Waals surface area contributed by atoms with Crippen molar-refractivity contribution in [3.05, 3.63) is 60.2 Å². The highest BCUT2D eigenvalue weighted by Crippen LogP contribution is 2.26. The smallest absolute Gasteiger partial charge is 0.254 e. The van der Waals surface area contributed by atoms with Gasteiger partial charge in [-0.25, -0.2) is 0 Å². The summed E-state index contributed by atoms with van der Waals surface area (Å²) in [7, 11) is 4.08. The number of amides is 1. The number of ether oxygens (including phenoxy) is 1. The summed E-state index contributed by atoms with van der Waals surface area (Å²) in [5, 5.41) is 9.65. The van der Waals surface area contributed by atoms with E-state index in [-0.39, 0.29) is 18.4 Å². The molecule has 2 atom stereocenters. The lowest BCUT2D eigenvalue weighted by Gasteiger charge is -2.38. The normalized spacial score (nSPS) is 19.9. The van der Waals surface area contributed by atoms with Crippen LogP contribution in [0.3, 0.4) is 0 Å². The molecule has 0 saturated carbocycles. The molecule has 1 aliphatic rings. The number of hydrogen-bond donors (Lipinski definition) is 1. The first-order valence-electron chi connectivity index (χ1n) is 9.43. The number of carbonyl (C=O) groups is 1. The predicted molar refractivity (Wildman–Crippen MR) is 106 cm³/mol. The van der Waals surface area contributed by atoms with Crippen molar-refractivity contribution in [2.45, 2.75) is 6.42 Å². The molecule has 2 aromatic carbocycles. The molecule has 0 spiro atoms. The molecule has 1 aliphatic heterocycles. The molecule has 0 bridgehead atoms. The lowest BCUT2D eigenvalue weighted by Crippen LogP contribution is -2.47. The molecular formula is C22H28N2O3. The number of aliphatic hydroxyl groups excluding tert-OH is 1. The van der Waals surface area contributed by atoms with Gasteiger partial charge in [-0.3, -0.25) is 4.79 Å².